The Labute approximate surface area is 319 Å². The van der Waals surface area contributed by atoms with Crippen molar-refractivity contribution < 1.29 is 67.0 Å². The predicted octanol–water partition coefficient (Wildman–Crippen LogP) is 4.55. The average Bonchev–Trinajstić information content (AvgIpc) is 3.40. The Balaban J connectivity index is 1.26. The molecule has 0 aromatic heterocycles. The van der Waals surface area contributed by atoms with Crippen molar-refractivity contribution in [2.45, 2.75) is 141 Å². The molecule has 1 heterocycles. The summed E-state index contributed by atoms with van der Waals surface area (Å²) in [6.07, 6.45) is -1.14. The van der Waals surface area contributed by atoms with Crippen molar-refractivity contribution in [2.75, 3.05) is 13.1 Å². The van der Waals surface area contributed by atoms with Gasteiger partial charge in [0.2, 0.25) is 0 Å². The Morgan fingerprint density at radius 2 is 1.44 bits per heavy atom. The van der Waals surface area contributed by atoms with Gasteiger partial charge in [0.25, 0.3) is 11.8 Å². The van der Waals surface area contributed by atoms with E-state index in [9.17, 15) is 33.9 Å². The average molecular weight is 773 g/mol. The van der Waals surface area contributed by atoms with Gasteiger partial charge in [0, 0.05) is 31.0 Å². The molecule has 3 aliphatic carbocycles. The van der Waals surface area contributed by atoms with Crippen molar-refractivity contribution in [1.29, 1.82) is 0 Å². The fourth-order valence-electron chi connectivity index (χ4n) is 7.96. The number of hydrogen-bond donors (Lipinski definition) is 3. The smallest absolute Gasteiger partial charge is 0.504 e. The van der Waals surface area contributed by atoms with Gasteiger partial charge in [-0.05, 0) is 92.4 Å². The van der Waals surface area contributed by atoms with E-state index in [1.54, 1.807) is 53.7 Å². The van der Waals surface area contributed by atoms with Crippen LogP contribution in [0.25, 0.3) is 0 Å². The molecule has 1 aromatic carbocycles. The van der Waals surface area contributed by atoms with Crippen LogP contribution in [0.1, 0.15) is 105 Å². The molecule has 1 unspecified atom stereocenters. The van der Waals surface area contributed by atoms with Crippen molar-refractivity contribution in [2.24, 2.45) is 5.92 Å². The van der Waals surface area contributed by atoms with E-state index in [0.29, 0.717) is 12.8 Å². The second kappa shape index (κ2) is 15.6. The van der Waals surface area contributed by atoms with Crippen molar-refractivity contribution in [3.63, 3.8) is 0 Å². The van der Waals surface area contributed by atoms with Gasteiger partial charge in [0.1, 0.15) is 22.6 Å². The van der Waals surface area contributed by atoms with Crippen LogP contribution in [0.5, 0.6) is 11.5 Å². The van der Waals surface area contributed by atoms with E-state index in [-0.39, 0.29) is 55.5 Å². The van der Waals surface area contributed by atoms with Crippen LogP contribution < -0.4 is 15.4 Å². The highest BCUT2D eigenvalue weighted by Crippen LogP contribution is 2.68. The molecule has 5 rings (SSSR count). The minimum absolute atomic E-state index is 0.0862. The topological polar surface area (TPSA) is 211 Å². The van der Waals surface area contributed by atoms with Gasteiger partial charge in [0.05, 0.1) is 18.3 Å². The third-order valence-corrected chi connectivity index (χ3v) is 10.1. The van der Waals surface area contributed by atoms with Gasteiger partial charge in [-0.3, -0.25) is 19.2 Å². The van der Waals surface area contributed by atoms with Crippen LogP contribution in [0.15, 0.2) is 24.0 Å². The maximum atomic E-state index is 13.6. The number of carbonyl (C=O) groups is 6. The number of nitrogens with one attached hydrogen (secondary N) is 2. The van der Waals surface area contributed by atoms with Gasteiger partial charge in [-0.15, -0.1) is 0 Å². The molecular weight excluding hydrogens is 720 g/mol. The Bertz CT molecular complexity index is 1740. The molecule has 2 amide bonds. The van der Waals surface area contributed by atoms with Crippen molar-refractivity contribution in [3.05, 3.63) is 35.1 Å². The van der Waals surface area contributed by atoms with E-state index in [0.717, 1.165) is 24.0 Å². The molecule has 1 spiro atoms. The normalized spacial score (nSPS) is 24.3. The minimum Gasteiger partial charge on any atom is -0.504 e. The zero-order valence-corrected chi connectivity index (χ0v) is 32.7. The Hall–Kier alpha value is -5.02. The van der Waals surface area contributed by atoms with Gasteiger partial charge in [-0.2, -0.15) is 0 Å². The molecule has 16 heteroatoms. The molecule has 1 aromatic rings. The Kier molecular flexibility index (Phi) is 11.7. The summed E-state index contributed by atoms with van der Waals surface area (Å²) in [7, 11) is 0. The van der Waals surface area contributed by atoms with Crippen LogP contribution in [0, 0.1) is 5.92 Å². The Morgan fingerprint density at radius 3 is 2.00 bits per heavy atom. The summed E-state index contributed by atoms with van der Waals surface area (Å²) < 4.78 is 39.0. The van der Waals surface area contributed by atoms with E-state index in [1.165, 1.54) is 13.8 Å². The van der Waals surface area contributed by atoms with Gasteiger partial charge >= 0.3 is 24.2 Å². The van der Waals surface area contributed by atoms with E-state index in [2.05, 4.69) is 10.6 Å². The number of phenols is 1. The first kappa shape index (κ1) is 41.1. The molecule has 4 aliphatic rings. The molecule has 1 saturated carbocycles. The second-order valence-corrected chi connectivity index (χ2v) is 16.4. The Morgan fingerprint density at radius 1 is 0.873 bits per heavy atom. The standard InChI is InChI=1S/C39H52N2O14/c1-21(49-34(47)54-36(3,4)5)32(45)40-18-14-27(43)51-26-13-17-39(53-28(44)15-19-41-33(46)22(2)50-35(48)55-37(6,7)8)24-10-9-16-38(39)29-23(20-24)11-12-25(42)30(29)52-31(26)38/h11-13,21-22,24,31,42H,9-10,14-20H2,1-8H3,(H,40,45)(H,41,46)/t21-,22-,24+,31-,38?,39+/m0/s1. The first-order chi connectivity index (χ1) is 25.7. The molecule has 1 fully saturated rings. The summed E-state index contributed by atoms with van der Waals surface area (Å²) in [5, 5.41) is 16.1. The molecule has 1 aliphatic heterocycles. The van der Waals surface area contributed by atoms with Crippen LogP contribution in [0.3, 0.4) is 0 Å². The van der Waals surface area contributed by atoms with Crippen LogP contribution in [0.2, 0.25) is 0 Å². The molecule has 0 radical (unpaired) electrons. The number of hydrogen-bond acceptors (Lipinski definition) is 14. The third-order valence-electron chi connectivity index (χ3n) is 10.1. The lowest BCUT2D eigenvalue weighted by Gasteiger charge is -2.60. The lowest BCUT2D eigenvalue weighted by atomic mass is 9.46. The first-order valence-electron chi connectivity index (χ1n) is 18.6. The summed E-state index contributed by atoms with van der Waals surface area (Å²) in [5.74, 6) is -2.23. The van der Waals surface area contributed by atoms with Gasteiger partial charge < -0.3 is 48.9 Å². The zero-order valence-electron chi connectivity index (χ0n) is 32.7. The zero-order chi connectivity index (χ0) is 40.5. The molecule has 6 atom stereocenters. The largest absolute Gasteiger partial charge is 0.509 e. The SMILES string of the molecule is C[C@H](OC(=O)OC(C)(C)C)C(=O)NCCC(=O)OC1=CC[C@@]2(OC(=O)CCNC(=O)[C@H](C)OC(=O)OC(C)(C)C)[C@@H]3CCCC24c2c(ccc(O)c2O[C@@H]14)C3. The molecule has 16 nitrogen and oxygen atoms in total. The fourth-order valence-corrected chi connectivity index (χ4v) is 7.96. The van der Waals surface area contributed by atoms with Crippen molar-refractivity contribution in [1.82, 2.24) is 10.6 Å². The van der Waals surface area contributed by atoms with Crippen molar-refractivity contribution in [3.8, 4) is 11.5 Å². The van der Waals surface area contributed by atoms with E-state index >= 15 is 0 Å². The maximum absolute atomic E-state index is 13.6. The lowest BCUT2D eigenvalue weighted by Crippen LogP contribution is -2.69. The fraction of sp³-hybridized carbons (Fsp3) is 0.641. The van der Waals surface area contributed by atoms with Crippen LogP contribution in [-0.4, -0.2) is 89.4 Å². The molecule has 55 heavy (non-hydrogen) atoms. The lowest BCUT2D eigenvalue weighted by molar-refractivity contribution is -0.200. The maximum Gasteiger partial charge on any atom is 0.509 e. The summed E-state index contributed by atoms with van der Waals surface area (Å²) in [6.45, 7) is 12.6. The predicted molar refractivity (Wildman–Crippen MR) is 192 cm³/mol. The van der Waals surface area contributed by atoms with Crippen molar-refractivity contribution >= 4 is 36.1 Å². The van der Waals surface area contributed by atoms with Crippen LogP contribution in [0.4, 0.5) is 9.59 Å². The number of rotatable bonds is 12. The van der Waals surface area contributed by atoms with Gasteiger partial charge in [0.15, 0.2) is 29.8 Å². The number of esters is 2. The second-order valence-electron chi connectivity index (χ2n) is 16.4. The van der Waals surface area contributed by atoms with Gasteiger partial charge in [-0.25, -0.2) is 9.59 Å². The van der Waals surface area contributed by atoms with Gasteiger partial charge in [-0.1, -0.05) is 12.5 Å². The number of benzene rings is 1. The number of aromatic hydroxyl groups is 1. The molecular formula is C39H52N2O14. The van der Waals surface area contributed by atoms with Crippen LogP contribution >= 0.6 is 0 Å². The summed E-state index contributed by atoms with van der Waals surface area (Å²) in [6, 6.07) is 3.42. The highest BCUT2D eigenvalue weighted by atomic mass is 16.7. The molecule has 0 saturated heterocycles. The summed E-state index contributed by atoms with van der Waals surface area (Å²) in [4.78, 5) is 75.9. The number of carbonyl (C=O) groups excluding carboxylic acids is 6. The highest BCUT2D eigenvalue weighted by Gasteiger charge is 2.73. The monoisotopic (exact) mass is 772 g/mol. The summed E-state index contributed by atoms with van der Waals surface area (Å²) in [5.41, 5.74) is -2.00. The molecule has 302 valence electrons. The highest BCUT2D eigenvalue weighted by molar-refractivity contribution is 5.83. The van der Waals surface area contributed by atoms with E-state index in [4.69, 9.17) is 33.2 Å². The third kappa shape index (κ3) is 8.78. The van der Waals surface area contributed by atoms with E-state index in [1.807, 2.05) is 6.07 Å². The van der Waals surface area contributed by atoms with E-state index < -0.39 is 76.6 Å². The molecule has 3 N–H and O–H groups in total. The number of amides is 2. The summed E-state index contributed by atoms with van der Waals surface area (Å²) >= 11 is 0. The molecule has 2 bridgehead atoms. The quantitative estimate of drug-likeness (QED) is 0.197. The number of ether oxygens (including phenoxy) is 7. The first-order valence-corrected chi connectivity index (χ1v) is 18.6. The number of phenolic OH excluding ortho intramolecular Hbond substituents is 1. The van der Waals surface area contributed by atoms with Crippen LogP contribution in [-0.2, 0) is 59.4 Å². The minimum atomic E-state index is -1.17.